The van der Waals surface area contributed by atoms with Gasteiger partial charge >= 0.3 is 5.97 Å². The van der Waals surface area contributed by atoms with Gasteiger partial charge < -0.3 is 31.1 Å². The number of benzene rings is 1. The number of nitrogens with zero attached hydrogens (tertiary/aromatic N) is 2. The molecule has 3 aliphatic rings. The molecule has 3 heterocycles. The standard InChI is InChI=1S/C19H27N2O3.BrH/c1-3-24-18(22)14-21-11-9-15(10-12-21)13-17(21)19(23)20(2)16-7-5-4-6-8-16;/h4-8,15,17H,3,9-14H2,1-2H3;1H/q+1;/p-1. The van der Waals surface area contributed by atoms with Gasteiger partial charge in [0.25, 0.3) is 5.91 Å². The fourth-order valence-electron chi connectivity index (χ4n) is 4.29. The van der Waals surface area contributed by atoms with E-state index < -0.39 is 0 Å². The van der Waals surface area contributed by atoms with Crippen LogP contribution in [0.2, 0.25) is 0 Å². The predicted molar refractivity (Wildman–Crippen MR) is 92.5 cm³/mol. The molecule has 25 heavy (non-hydrogen) atoms. The Bertz CT molecular complexity index is 600. The maximum Gasteiger partial charge on any atom is 0.361 e. The van der Waals surface area contributed by atoms with Crippen molar-refractivity contribution in [3.8, 4) is 0 Å². The van der Waals surface area contributed by atoms with Crippen LogP contribution in [0.25, 0.3) is 0 Å². The Balaban J connectivity index is 0.00000225. The van der Waals surface area contributed by atoms with Crippen molar-refractivity contribution in [1.82, 2.24) is 0 Å². The summed E-state index contributed by atoms with van der Waals surface area (Å²) in [5.41, 5.74) is 0.902. The highest BCUT2D eigenvalue weighted by molar-refractivity contribution is 5.96. The van der Waals surface area contributed by atoms with Gasteiger partial charge in [0.2, 0.25) is 0 Å². The number of piperidine rings is 3. The molecule has 6 heteroatoms. The number of halogens is 1. The Morgan fingerprint density at radius 3 is 2.44 bits per heavy atom. The van der Waals surface area contributed by atoms with E-state index in [1.807, 2.05) is 44.3 Å². The SMILES string of the molecule is CCOC(=O)C[N+]12CCC(CC1)CC2C(=O)N(C)c1ccccc1.[Br-]. The summed E-state index contributed by atoms with van der Waals surface area (Å²) in [5.74, 6) is 0.554. The van der Waals surface area contributed by atoms with Gasteiger partial charge in [-0.05, 0) is 37.8 Å². The molecule has 0 aromatic heterocycles. The molecule has 0 spiro atoms. The average Bonchev–Trinajstić information content (AvgIpc) is 2.62. The van der Waals surface area contributed by atoms with Crippen molar-refractivity contribution in [2.24, 2.45) is 5.92 Å². The minimum absolute atomic E-state index is 0. The second kappa shape index (κ2) is 8.32. The van der Waals surface area contributed by atoms with Crippen LogP contribution in [-0.2, 0) is 14.3 Å². The minimum atomic E-state index is -0.182. The molecule has 1 atom stereocenters. The number of likely N-dealkylation sites (N-methyl/N-ethyl adjacent to an activating group) is 1. The summed E-state index contributed by atoms with van der Waals surface area (Å²) in [5, 5.41) is 0. The van der Waals surface area contributed by atoms with Gasteiger partial charge in [-0.2, -0.15) is 0 Å². The van der Waals surface area contributed by atoms with E-state index in [1.165, 1.54) is 0 Å². The number of amides is 1. The number of carbonyl (C=O) groups is 2. The Kier molecular flexibility index (Phi) is 6.63. The summed E-state index contributed by atoms with van der Waals surface area (Å²) in [6, 6.07) is 9.59. The van der Waals surface area contributed by atoms with E-state index >= 15 is 0 Å². The lowest BCUT2D eigenvalue weighted by molar-refractivity contribution is -0.951. The molecule has 3 saturated heterocycles. The van der Waals surface area contributed by atoms with Crippen molar-refractivity contribution >= 4 is 17.6 Å². The second-order valence-electron chi connectivity index (χ2n) is 7.06. The van der Waals surface area contributed by atoms with E-state index in [0.717, 1.165) is 38.0 Å². The number of quaternary nitrogens is 1. The van der Waals surface area contributed by atoms with E-state index in [9.17, 15) is 9.59 Å². The molecule has 138 valence electrons. The normalized spacial score (nSPS) is 27.3. The van der Waals surface area contributed by atoms with Crippen molar-refractivity contribution in [1.29, 1.82) is 0 Å². The highest BCUT2D eigenvalue weighted by Gasteiger charge is 2.52. The highest BCUT2D eigenvalue weighted by atomic mass is 79.9. The average molecular weight is 411 g/mol. The predicted octanol–water partition coefficient (Wildman–Crippen LogP) is -0.784. The largest absolute Gasteiger partial charge is 1.00 e. The molecule has 4 rings (SSSR count). The Morgan fingerprint density at radius 1 is 1.20 bits per heavy atom. The fraction of sp³-hybridized carbons (Fsp3) is 0.579. The van der Waals surface area contributed by atoms with Gasteiger partial charge in [0, 0.05) is 19.2 Å². The van der Waals surface area contributed by atoms with Crippen LogP contribution in [0.4, 0.5) is 5.69 Å². The molecular formula is C19H27BrN2O3. The van der Waals surface area contributed by atoms with Crippen LogP contribution in [0, 0.1) is 5.92 Å². The fourth-order valence-corrected chi connectivity index (χ4v) is 4.29. The summed E-state index contributed by atoms with van der Waals surface area (Å²) < 4.78 is 5.76. The van der Waals surface area contributed by atoms with Gasteiger partial charge in [-0.1, -0.05) is 18.2 Å². The number of hydrogen-bond donors (Lipinski definition) is 0. The van der Waals surface area contributed by atoms with Gasteiger partial charge in [0.15, 0.2) is 12.6 Å². The number of ether oxygens (including phenoxy) is 1. The van der Waals surface area contributed by atoms with E-state index in [2.05, 4.69) is 0 Å². The first-order chi connectivity index (χ1) is 11.6. The minimum Gasteiger partial charge on any atom is -1.00 e. The lowest BCUT2D eigenvalue weighted by Gasteiger charge is -2.53. The third-order valence-electron chi connectivity index (χ3n) is 5.69. The van der Waals surface area contributed by atoms with Crippen LogP contribution in [-0.4, -0.2) is 55.7 Å². The smallest absolute Gasteiger partial charge is 0.361 e. The molecule has 0 N–H and O–H groups in total. The van der Waals surface area contributed by atoms with E-state index in [-0.39, 0.29) is 34.9 Å². The summed E-state index contributed by atoms with van der Waals surface area (Å²) in [4.78, 5) is 27.1. The number of para-hydroxylation sites is 1. The first-order valence-electron chi connectivity index (χ1n) is 8.90. The van der Waals surface area contributed by atoms with Crippen LogP contribution in [0.3, 0.4) is 0 Å². The zero-order valence-corrected chi connectivity index (χ0v) is 16.6. The zero-order chi connectivity index (χ0) is 17.2. The van der Waals surface area contributed by atoms with Crippen molar-refractivity contribution in [3.63, 3.8) is 0 Å². The van der Waals surface area contributed by atoms with Crippen LogP contribution >= 0.6 is 0 Å². The molecule has 1 aromatic carbocycles. The van der Waals surface area contributed by atoms with Gasteiger partial charge in [0.05, 0.1) is 19.7 Å². The topological polar surface area (TPSA) is 46.6 Å². The second-order valence-corrected chi connectivity index (χ2v) is 7.06. The number of carbonyl (C=O) groups excluding carboxylic acids is 2. The number of anilines is 1. The van der Waals surface area contributed by atoms with Gasteiger partial charge in [-0.25, -0.2) is 4.79 Å². The molecule has 0 radical (unpaired) electrons. The Hall–Kier alpha value is -1.40. The van der Waals surface area contributed by atoms with Crippen LogP contribution in [0.5, 0.6) is 0 Å². The summed E-state index contributed by atoms with van der Waals surface area (Å²) in [6.45, 7) is 4.35. The summed E-state index contributed by atoms with van der Waals surface area (Å²) in [7, 11) is 1.84. The van der Waals surface area contributed by atoms with Crippen LogP contribution < -0.4 is 21.9 Å². The Labute approximate surface area is 160 Å². The van der Waals surface area contributed by atoms with Gasteiger partial charge in [-0.3, -0.25) is 4.79 Å². The lowest BCUT2D eigenvalue weighted by atomic mass is 9.80. The van der Waals surface area contributed by atoms with Crippen LogP contribution in [0.1, 0.15) is 26.2 Å². The maximum absolute atomic E-state index is 13.2. The molecular weight excluding hydrogens is 384 g/mol. The molecule has 0 aliphatic carbocycles. The lowest BCUT2D eigenvalue weighted by Crippen LogP contribution is -3.00. The van der Waals surface area contributed by atoms with E-state index in [4.69, 9.17) is 4.74 Å². The maximum atomic E-state index is 13.2. The third kappa shape index (κ3) is 4.06. The first kappa shape index (κ1) is 19.9. The zero-order valence-electron chi connectivity index (χ0n) is 15.0. The van der Waals surface area contributed by atoms with Crippen molar-refractivity contribution in [3.05, 3.63) is 30.3 Å². The van der Waals surface area contributed by atoms with Crippen molar-refractivity contribution in [2.75, 3.05) is 38.2 Å². The van der Waals surface area contributed by atoms with E-state index in [1.54, 1.807) is 4.90 Å². The Morgan fingerprint density at radius 2 is 1.84 bits per heavy atom. The summed E-state index contributed by atoms with van der Waals surface area (Å²) in [6.07, 6.45) is 3.10. The molecule has 1 unspecified atom stereocenters. The van der Waals surface area contributed by atoms with Crippen molar-refractivity contribution in [2.45, 2.75) is 32.2 Å². The number of esters is 1. The monoisotopic (exact) mass is 410 g/mol. The van der Waals surface area contributed by atoms with Crippen LogP contribution in [0.15, 0.2) is 30.3 Å². The molecule has 5 nitrogen and oxygen atoms in total. The van der Waals surface area contributed by atoms with Gasteiger partial charge in [0.1, 0.15) is 0 Å². The molecule has 0 saturated carbocycles. The molecule has 1 aromatic rings. The van der Waals surface area contributed by atoms with Crippen molar-refractivity contribution < 1.29 is 35.8 Å². The highest BCUT2D eigenvalue weighted by Crippen LogP contribution is 2.39. The number of fused-ring (bicyclic) bond motifs is 3. The molecule has 3 fully saturated rings. The quantitative estimate of drug-likeness (QED) is 0.472. The number of hydrogen-bond acceptors (Lipinski definition) is 3. The van der Waals surface area contributed by atoms with Gasteiger partial charge in [-0.15, -0.1) is 0 Å². The molecule has 3 aliphatic heterocycles. The van der Waals surface area contributed by atoms with E-state index in [0.29, 0.717) is 23.6 Å². The molecule has 2 bridgehead atoms. The first-order valence-corrected chi connectivity index (χ1v) is 8.90. The third-order valence-corrected chi connectivity index (χ3v) is 5.69. The summed E-state index contributed by atoms with van der Waals surface area (Å²) >= 11 is 0. The molecule has 1 amide bonds. The number of rotatable bonds is 5.